The molecule has 128 valence electrons. The van der Waals surface area contributed by atoms with Crippen LogP contribution in [-0.2, 0) is 13.6 Å². The summed E-state index contributed by atoms with van der Waals surface area (Å²) in [5, 5.41) is 6.97. The van der Waals surface area contributed by atoms with Crippen LogP contribution in [0.5, 0.6) is 17.4 Å². The van der Waals surface area contributed by atoms with Crippen LogP contribution in [0.25, 0.3) is 0 Å². The highest BCUT2D eigenvalue weighted by atomic mass is 16.5. The van der Waals surface area contributed by atoms with Gasteiger partial charge >= 0.3 is 6.03 Å². The van der Waals surface area contributed by atoms with Crippen LogP contribution in [0.2, 0.25) is 0 Å². The number of aromatic nitrogens is 2. The number of fused-ring (bicyclic) bond motifs is 1. The van der Waals surface area contributed by atoms with Crippen molar-refractivity contribution in [3.05, 3.63) is 29.8 Å². The molecule has 1 aliphatic rings. The summed E-state index contributed by atoms with van der Waals surface area (Å²) >= 11 is 0. The van der Waals surface area contributed by atoms with E-state index in [1.165, 1.54) is 7.11 Å². The number of methoxy groups -OCH3 is 2. The molecule has 0 spiro atoms. The van der Waals surface area contributed by atoms with E-state index in [0.29, 0.717) is 31.4 Å². The van der Waals surface area contributed by atoms with Gasteiger partial charge in [-0.25, -0.2) is 9.48 Å². The van der Waals surface area contributed by atoms with Crippen LogP contribution in [-0.4, -0.2) is 48.1 Å². The molecule has 0 unspecified atom stereocenters. The maximum absolute atomic E-state index is 12.6. The van der Waals surface area contributed by atoms with E-state index in [2.05, 4.69) is 10.4 Å². The molecule has 1 aromatic carbocycles. The van der Waals surface area contributed by atoms with Gasteiger partial charge in [0.15, 0.2) is 0 Å². The summed E-state index contributed by atoms with van der Waals surface area (Å²) < 4.78 is 17.6. The molecule has 0 saturated heterocycles. The Morgan fingerprint density at radius 1 is 1.29 bits per heavy atom. The van der Waals surface area contributed by atoms with Crippen LogP contribution in [0.1, 0.15) is 5.56 Å². The van der Waals surface area contributed by atoms with E-state index in [1.54, 1.807) is 29.8 Å². The van der Waals surface area contributed by atoms with Gasteiger partial charge in [0.2, 0.25) is 5.88 Å². The first-order valence-corrected chi connectivity index (χ1v) is 7.54. The molecule has 1 aromatic heterocycles. The smallest absolute Gasteiger partial charge is 0.323 e. The highest BCUT2D eigenvalue weighted by Gasteiger charge is 2.21. The highest BCUT2D eigenvalue weighted by Crippen LogP contribution is 2.28. The van der Waals surface area contributed by atoms with E-state index in [1.807, 2.05) is 18.2 Å². The summed E-state index contributed by atoms with van der Waals surface area (Å²) in [6.07, 6.45) is 0. The molecule has 8 nitrogen and oxygen atoms in total. The number of urea groups is 1. The fourth-order valence-electron chi connectivity index (χ4n) is 2.50. The monoisotopic (exact) mass is 332 g/mol. The van der Waals surface area contributed by atoms with Gasteiger partial charge in [-0.05, 0) is 12.1 Å². The number of hydrogen-bond acceptors (Lipinski definition) is 5. The second kappa shape index (κ2) is 6.69. The van der Waals surface area contributed by atoms with Crippen molar-refractivity contribution in [1.29, 1.82) is 0 Å². The van der Waals surface area contributed by atoms with Crippen molar-refractivity contribution < 1.29 is 19.0 Å². The fraction of sp³-hybridized carbons (Fsp3) is 0.375. The zero-order chi connectivity index (χ0) is 17.1. The molecule has 8 heteroatoms. The summed E-state index contributed by atoms with van der Waals surface area (Å²) in [7, 11) is 4.89. The Hall–Kier alpha value is -2.90. The zero-order valence-electron chi connectivity index (χ0n) is 13.9. The van der Waals surface area contributed by atoms with Crippen molar-refractivity contribution in [2.24, 2.45) is 7.05 Å². The van der Waals surface area contributed by atoms with Crippen molar-refractivity contribution in [2.45, 2.75) is 6.54 Å². The van der Waals surface area contributed by atoms with Gasteiger partial charge in [-0.1, -0.05) is 0 Å². The van der Waals surface area contributed by atoms with Crippen molar-refractivity contribution >= 4 is 11.8 Å². The van der Waals surface area contributed by atoms with Gasteiger partial charge in [0.05, 0.1) is 27.3 Å². The second-order valence-electron chi connectivity index (χ2n) is 5.37. The van der Waals surface area contributed by atoms with Crippen molar-refractivity contribution in [2.75, 3.05) is 32.7 Å². The molecule has 0 atom stereocenters. The molecule has 2 amide bonds. The SMILES string of the molecule is COc1ccc2c(c1)OCCN(C(=O)Nc1cc(OC)nn1C)C2. The Labute approximate surface area is 139 Å². The van der Waals surface area contributed by atoms with Gasteiger partial charge in [0.25, 0.3) is 0 Å². The van der Waals surface area contributed by atoms with Gasteiger partial charge in [0, 0.05) is 24.7 Å². The van der Waals surface area contributed by atoms with Crippen LogP contribution < -0.4 is 19.5 Å². The largest absolute Gasteiger partial charge is 0.497 e. The lowest BCUT2D eigenvalue weighted by Crippen LogP contribution is -2.36. The summed E-state index contributed by atoms with van der Waals surface area (Å²) in [4.78, 5) is 14.2. The number of carbonyl (C=O) groups is 1. The molecule has 0 bridgehead atoms. The predicted molar refractivity (Wildman–Crippen MR) is 87.7 cm³/mol. The topological polar surface area (TPSA) is 77.8 Å². The Balaban J connectivity index is 1.74. The molecular weight excluding hydrogens is 312 g/mol. The van der Waals surface area contributed by atoms with Gasteiger partial charge in [0.1, 0.15) is 23.9 Å². The number of nitrogens with one attached hydrogen (secondary N) is 1. The van der Waals surface area contributed by atoms with Gasteiger partial charge < -0.3 is 19.1 Å². The van der Waals surface area contributed by atoms with Gasteiger partial charge in [-0.3, -0.25) is 5.32 Å². The molecule has 0 aliphatic carbocycles. The number of amides is 2. The maximum Gasteiger partial charge on any atom is 0.323 e. The minimum absolute atomic E-state index is 0.215. The van der Waals surface area contributed by atoms with Crippen LogP contribution in [0.4, 0.5) is 10.6 Å². The molecule has 2 aromatic rings. The quantitative estimate of drug-likeness (QED) is 0.928. The molecule has 1 aliphatic heterocycles. The van der Waals surface area contributed by atoms with E-state index < -0.39 is 0 Å². The molecular formula is C16H20N4O4. The molecule has 3 rings (SSSR count). The fourth-order valence-corrected chi connectivity index (χ4v) is 2.50. The molecule has 0 radical (unpaired) electrons. The van der Waals surface area contributed by atoms with Crippen LogP contribution in [0.15, 0.2) is 24.3 Å². The number of benzene rings is 1. The minimum atomic E-state index is -0.215. The Bertz CT molecular complexity index is 744. The number of carbonyl (C=O) groups excluding carboxylic acids is 1. The Morgan fingerprint density at radius 2 is 2.12 bits per heavy atom. The molecule has 2 heterocycles. The van der Waals surface area contributed by atoms with E-state index in [4.69, 9.17) is 14.2 Å². The molecule has 1 N–H and O–H groups in total. The van der Waals surface area contributed by atoms with Gasteiger partial charge in [-0.15, -0.1) is 5.10 Å². The van der Waals surface area contributed by atoms with Gasteiger partial charge in [-0.2, -0.15) is 0 Å². The minimum Gasteiger partial charge on any atom is -0.497 e. The standard InChI is InChI=1S/C16H20N4O4/c1-19-14(9-15(18-19)23-3)17-16(21)20-6-7-24-13-8-12(22-2)5-4-11(13)10-20/h4-5,8-9H,6-7,10H2,1-3H3,(H,17,21). The lowest BCUT2D eigenvalue weighted by atomic mass is 10.2. The summed E-state index contributed by atoms with van der Waals surface area (Å²) in [6.45, 7) is 1.36. The first-order valence-electron chi connectivity index (χ1n) is 7.54. The highest BCUT2D eigenvalue weighted by molar-refractivity contribution is 5.88. The van der Waals surface area contributed by atoms with Crippen molar-refractivity contribution in [3.8, 4) is 17.4 Å². The molecule has 24 heavy (non-hydrogen) atoms. The van der Waals surface area contributed by atoms with E-state index in [0.717, 1.165) is 17.1 Å². The third-order valence-corrected chi connectivity index (χ3v) is 3.84. The Morgan fingerprint density at radius 3 is 2.83 bits per heavy atom. The average molecular weight is 332 g/mol. The van der Waals surface area contributed by atoms with Crippen LogP contribution in [0.3, 0.4) is 0 Å². The number of hydrogen-bond donors (Lipinski definition) is 1. The molecule has 0 saturated carbocycles. The number of rotatable bonds is 3. The van der Waals surface area contributed by atoms with E-state index >= 15 is 0 Å². The lowest BCUT2D eigenvalue weighted by molar-refractivity contribution is 0.200. The average Bonchev–Trinajstić information content (AvgIpc) is 2.81. The zero-order valence-corrected chi connectivity index (χ0v) is 13.9. The number of nitrogens with zero attached hydrogens (tertiary/aromatic N) is 3. The summed E-state index contributed by atoms with van der Waals surface area (Å²) in [6, 6.07) is 7.06. The van der Waals surface area contributed by atoms with Crippen molar-refractivity contribution in [3.63, 3.8) is 0 Å². The lowest BCUT2D eigenvalue weighted by Gasteiger charge is -2.20. The summed E-state index contributed by atoms with van der Waals surface area (Å²) in [5.41, 5.74) is 0.936. The first-order chi connectivity index (χ1) is 11.6. The second-order valence-corrected chi connectivity index (χ2v) is 5.37. The third-order valence-electron chi connectivity index (χ3n) is 3.84. The van der Waals surface area contributed by atoms with Crippen molar-refractivity contribution in [1.82, 2.24) is 14.7 Å². The van der Waals surface area contributed by atoms with E-state index in [9.17, 15) is 4.79 Å². The Kier molecular flexibility index (Phi) is 4.45. The van der Waals surface area contributed by atoms with Crippen LogP contribution in [0, 0.1) is 0 Å². The number of aryl methyl sites for hydroxylation is 1. The third kappa shape index (κ3) is 3.22. The normalized spacial score (nSPS) is 13.5. The predicted octanol–water partition coefficient (Wildman–Crippen LogP) is 1.86. The maximum atomic E-state index is 12.6. The summed E-state index contributed by atoms with van der Waals surface area (Å²) in [5.74, 6) is 2.49. The first kappa shape index (κ1) is 16.0. The molecule has 0 fully saturated rings. The van der Waals surface area contributed by atoms with Crippen LogP contribution >= 0.6 is 0 Å². The number of ether oxygens (including phenoxy) is 3. The van der Waals surface area contributed by atoms with E-state index in [-0.39, 0.29) is 6.03 Å². The number of anilines is 1.